The smallest absolute Gasteiger partial charge is 0.119 e. The Labute approximate surface area is 167 Å². The molecule has 0 bridgehead atoms. The molecule has 3 rings (SSSR count). The molecule has 5 nitrogen and oxygen atoms in total. The molecule has 0 aliphatic heterocycles. The maximum absolute atomic E-state index is 10.1. The van der Waals surface area contributed by atoms with Crippen LogP contribution in [0.3, 0.4) is 0 Å². The summed E-state index contributed by atoms with van der Waals surface area (Å²) in [6.07, 6.45) is 0.429. The van der Waals surface area contributed by atoms with Crippen LogP contribution in [0.15, 0.2) is 60.7 Å². The Morgan fingerprint density at radius 2 is 1.75 bits per heavy atom. The number of hydrogen-bond donors (Lipinski definition) is 2. The van der Waals surface area contributed by atoms with Gasteiger partial charge in [0, 0.05) is 18.8 Å². The lowest BCUT2D eigenvalue weighted by atomic mass is 10.1. The van der Waals surface area contributed by atoms with E-state index < -0.39 is 6.10 Å². The molecular weight excluding hydrogens is 350 g/mol. The van der Waals surface area contributed by atoms with Gasteiger partial charge in [0.15, 0.2) is 0 Å². The van der Waals surface area contributed by atoms with E-state index in [2.05, 4.69) is 35.5 Å². The Morgan fingerprint density at radius 1 is 1.04 bits per heavy atom. The quantitative estimate of drug-likeness (QED) is 0.529. The van der Waals surface area contributed by atoms with Crippen molar-refractivity contribution in [3.8, 4) is 16.9 Å². The fourth-order valence-corrected chi connectivity index (χ4v) is 3.15. The zero-order chi connectivity index (χ0) is 19.8. The van der Waals surface area contributed by atoms with Crippen molar-refractivity contribution >= 4 is 0 Å². The molecule has 0 unspecified atom stereocenters. The average molecular weight is 380 g/mol. The van der Waals surface area contributed by atoms with Crippen LogP contribution in [0.2, 0.25) is 0 Å². The molecule has 0 fully saturated rings. The highest BCUT2D eigenvalue weighted by Crippen LogP contribution is 2.22. The maximum atomic E-state index is 10.1. The minimum atomic E-state index is -0.539. The van der Waals surface area contributed by atoms with Gasteiger partial charge in [0.1, 0.15) is 18.5 Å². The summed E-state index contributed by atoms with van der Waals surface area (Å²) in [4.78, 5) is 0. The van der Waals surface area contributed by atoms with E-state index >= 15 is 0 Å². The van der Waals surface area contributed by atoms with Crippen LogP contribution in [0.25, 0.3) is 11.1 Å². The van der Waals surface area contributed by atoms with E-state index in [1.54, 1.807) is 0 Å². The van der Waals surface area contributed by atoms with Gasteiger partial charge < -0.3 is 15.2 Å². The molecule has 0 spiro atoms. The van der Waals surface area contributed by atoms with Crippen molar-refractivity contribution in [1.82, 2.24) is 15.1 Å². The number of hydrogen-bond acceptors (Lipinski definition) is 4. The van der Waals surface area contributed by atoms with Gasteiger partial charge in [-0.15, -0.1) is 0 Å². The summed E-state index contributed by atoms with van der Waals surface area (Å²) < 4.78 is 7.72. The minimum absolute atomic E-state index is 0.273. The number of nitrogens with zero attached hydrogens (tertiary/aromatic N) is 2. The van der Waals surface area contributed by atoms with Crippen LogP contribution in [0.1, 0.15) is 17.8 Å². The lowest BCUT2D eigenvalue weighted by Gasteiger charge is -2.14. The highest BCUT2D eigenvalue weighted by molar-refractivity contribution is 5.63. The van der Waals surface area contributed by atoms with Gasteiger partial charge in [-0.25, -0.2) is 0 Å². The number of aliphatic hydroxyl groups excluding tert-OH is 1. The fourth-order valence-electron chi connectivity index (χ4n) is 3.15. The first-order chi connectivity index (χ1) is 13.6. The van der Waals surface area contributed by atoms with Crippen molar-refractivity contribution in [3.63, 3.8) is 0 Å². The SMILES string of the molecule is Cc1cc(C)n(CCCNC[C@@H](O)COc2ccc(-c3ccccc3)cc2)n1. The van der Waals surface area contributed by atoms with Crippen LogP contribution < -0.4 is 10.1 Å². The summed E-state index contributed by atoms with van der Waals surface area (Å²) in [6, 6.07) is 20.3. The number of ether oxygens (including phenoxy) is 1. The van der Waals surface area contributed by atoms with Crippen molar-refractivity contribution in [2.75, 3.05) is 19.7 Å². The number of nitrogens with one attached hydrogen (secondary N) is 1. The molecule has 0 aliphatic rings. The van der Waals surface area contributed by atoms with Crippen molar-refractivity contribution in [2.45, 2.75) is 32.9 Å². The number of aromatic nitrogens is 2. The normalized spacial score (nSPS) is 12.1. The molecule has 0 saturated heterocycles. The number of aryl methyl sites for hydroxylation is 3. The summed E-state index contributed by atoms with van der Waals surface area (Å²) in [6.45, 7) is 6.58. The first-order valence-corrected chi connectivity index (χ1v) is 9.80. The number of benzene rings is 2. The third kappa shape index (κ3) is 5.94. The molecule has 0 radical (unpaired) electrons. The molecule has 2 N–H and O–H groups in total. The van der Waals surface area contributed by atoms with Crippen molar-refractivity contribution in [3.05, 3.63) is 72.1 Å². The Hall–Kier alpha value is -2.63. The predicted molar refractivity (Wildman–Crippen MR) is 113 cm³/mol. The van der Waals surface area contributed by atoms with E-state index in [1.165, 1.54) is 11.3 Å². The summed E-state index contributed by atoms with van der Waals surface area (Å²) in [7, 11) is 0. The summed E-state index contributed by atoms with van der Waals surface area (Å²) in [5.41, 5.74) is 4.57. The molecule has 3 aromatic rings. The van der Waals surface area contributed by atoms with E-state index in [9.17, 15) is 5.11 Å². The van der Waals surface area contributed by atoms with Gasteiger partial charge in [-0.2, -0.15) is 5.10 Å². The van der Waals surface area contributed by atoms with Crippen LogP contribution in [-0.2, 0) is 6.54 Å². The summed E-state index contributed by atoms with van der Waals surface area (Å²) in [5.74, 6) is 0.767. The summed E-state index contributed by atoms with van der Waals surface area (Å²) in [5, 5.41) is 17.8. The Morgan fingerprint density at radius 3 is 2.43 bits per heavy atom. The van der Waals surface area contributed by atoms with E-state index in [0.717, 1.165) is 36.5 Å². The topological polar surface area (TPSA) is 59.3 Å². The summed E-state index contributed by atoms with van der Waals surface area (Å²) >= 11 is 0. The first kappa shape index (κ1) is 20.1. The Bertz CT molecular complexity index is 844. The third-order valence-electron chi connectivity index (χ3n) is 4.61. The van der Waals surface area contributed by atoms with Gasteiger partial charge in [-0.3, -0.25) is 4.68 Å². The first-order valence-electron chi connectivity index (χ1n) is 9.80. The van der Waals surface area contributed by atoms with Crippen LogP contribution in [0.5, 0.6) is 5.75 Å². The number of rotatable bonds is 10. The fraction of sp³-hybridized carbons (Fsp3) is 0.348. The van der Waals surface area contributed by atoms with Crippen LogP contribution in [-0.4, -0.2) is 40.7 Å². The highest BCUT2D eigenvalue weighted by Gasteiger charge is 2.06. The van der Waals surface area contributed by atoms with Crippen LogP contribution in [0.4, 0.5) is 0 Å². The van der Waals surface area contributed by atoms with Crippen molar-refractivity contribution in [1.29, 1.82) is 0 Å². The number of aliphatic hydroxyl groups is 1. The second-order valence-corrected chi connectivity index (χ2v) is 7.06. The van der Waals surface area contributed by atoms with Gasteiger partial charge in [0.25, 0.3) is 0 Å². The van der Waals surface area contributed by atoms with Gasteiger partial charge in [0.05, 0.1) is 5.69 Å². The molecule has 1 atom stereocenters. The molecule has 0 aliphatic carbocycles. The maximum Gasteiger partial charge on any atom is 0.119 e. The monoisotopic (exact) mass is 379 g/mol. The second-order valence-electron chi connectivity index (χ2n) is 7.06. The van der Waals surface area contributed by atoms with Crippen molar-refractivity contribution < 1.29 is 9.84 Å². The Balaban J connectivity index is 1.33. The molecular formula is C23H29N3O2. The largest absolute Gasteiger partial charge is 0.491 e. The van der Waals surface area contributed by atoms with E-state index in [-0.39, 0.29) is 6.61 Å². The molecule has 1 aromatic heterocycles. The molecule has 5 heteroatoms. The Kier molecular flexibility index (Phi) is 7.23. The third-order valence-corrected chi connectivity index (χ3v) is 4.61. The molecule has 1 heterocycles. The van der Waals surface area contributed by atoms with E-state index in [0.29, 0.717) is 6.54 Å². The predicted octanol–water partition coefficient (Wildman–Crippen LogP) is 3.59. The zero-order valence-electron chi connectivity index (χ0n) is 16.6. The zero-order valence-corrected chi connectivity index (χ0v) is 16.6. The van der Waals surface area contributed by atoms with Gasteiger partial charge >= 0.3 is 0 Å². The highest BCUT2D eigenvalue weighted by atomic mass is 16.5. The van der Waals surface area contributed by atoms with Crippen LogP contribution in [0, 0.1) is 13.8 Å². The lowest BCUT2D eigenvalue weighted by Crippen LogP contribution is -2.32. The van der Waals surface area contributed by atoms with Crippen LogP contribution >= 0.6 is 0 Å². The molecule has 148 valence electrons. The van der Waals surface area contributed by atoms with Gasteiger partial charge in [0.2, 0.25) is 0 Å². The molecule has 0 saturated carbocycles. The van der Waals surface area contributed by atoms with Gasteiger partial charge in [-0.05, 0) is 56.1 Å². The second kappa shape index (κ2) is 10.1. The molecule has 2 aromatic carbocycles. The molecule has 28 heavy (non-hydrogen) atoms. The standard InChI is InChI=1S/C23H29N3O2/c1-18-15-19(2)26(25-18)14-6-13-24-16-22(27)17-28-23-11-9-21(10-12-23)20-7-4-3-5-8-20/h3-5,7-12,15,22,24,27H,6,13-14,16-17H2,1-2H3/t22-/m1/s1. The van der Waals surface area contributed by atoms with Crippen molar-refractivity contribution in [2.24, 2.45) is 0 Å². The van der Waals surface area contributed by atoms with E-state index in [1.807, 2.05) is 54.1 Å². The lowest BCUT2D eigenvalue weighted by molar-refractivity contribution is 0.106. The minimum Gasteiger partial charge on any atom is -0.491 e. The van der Waals surface area contributed by atoms with E-state index in [4.69, 9.17) is 4.74 Å². The molecule has 0 amide bonds. The van der Waals surface area contributed by atoms with Gasteiger partial charge in [-0.1, -0.05) is 42.5 Å². The average Bonchev–Trinajstić information content (AvgIpc) is 3.04.